The molecule has 4 bridgehead atoms. The molecule has 3 aromatic rings. The number of hydrogen-bond acceptors (Lipinski definition) is 2. The van der Waals surface area contributed by atoms with E-state index in [9.17, 15) is 0 Å². The predicted octanol–water partition coefficient (Wildman–Crippen LogP) is 7.19. The number of aromatic nitrogens is 2. The van der Waals surface area contributed by atoms with Gasteiger partial charge in [-0.15, -0.1) is 5.10 Å². The molecule has 186 valence electrons. The van der Waals surface area contributed by atoms with E-state index in [-0.39, 0.29) is 0 Å². The summed E-state index contributed by atoms with van der Waals surface area (Å²) in [4.78, 5) is 5.05. The number of para-hydroxylation sites is 1. The van der Waals surface area contributed by atoms with Crippen LogP contribution in [0.3, 0.4) is 0 Å². The normalized spacial score (nSPS) is 28.9. The average Bonchev–Trinajstić information content (AvgIpc) is 3.58. The summed E-state index contributed by atoms with van der Waals surface area (Å²) in [7, 11) is 0. The van der Waals surface area contributed by atoms with E-state index >= 15 is 0 Å². The first-order chi connectivity index (χ1) is 17.6. The first kappa shape index (κ1) is 22.7. The molecule has 0 atom stereocenters. The third-order valence-corrected chi connectivity index (χ3v) is 9.14. The van der Waals surface area contributed by atoms with E-state index in [4.69, 9.17) is 33.3 Å². The molecule has 0 unspecified atom stereocenters. The van der Waals surface area contributed by atoms with Gasteiger partial charge in [-0.05, 0) is 92.9 Å². The number of rotatable bonds is 5. The van der Waals surface area contributed by atoms with E-state index in [1.165, 1.54) is 44.9 Å². The molecule has 2 aromatic carbocycles. The van der Waals surface area contributed by atoms with Gasteiger partial charge in [0.05, 0.1) is 22.4 Å². The monoisotopic (exact) mass is 519 g/mol. The molecule has 5 aliphatic rings. The second kappa shape index (κ2) is 9.11. The lowest BCUT2D eigenvalue weighted by atomic mass is 9.54. The molecule has 5 fully saturated rings. The van der Waals surface area contributed by atoms with Crippen LogP contribution >= 0.6 is 23.2 Å². The molecular formula is C29H31Cl2N5. The third-order valence-electron chi connectivity index (χ3n) is 8.57. The predicted molar refractivity (Wildman–Crippen MR) is 147 cm³/mol. The van der Waals surface area contributed by atoms with Gasteiger partial charge in [0.15, 0.2) is 11.8 Å². The van der Waals surface area contributed by atoms with Crippen molar-refractivity contribution >= 4 is 35.0 Å². The first-order valence-electron chi connectivity index (χ1n) is 13.3. The fourth-order valence-electron chi connectivity index (χ4n) is 7.01. The summed E-state index contributed by atoms with van der Waals surface area (Å²) < 4.78 is 1.91. The molecule has 0 radical (unpaired) electrons. The van der Waals surface area contributed by atoms with Gasteiger partial charge in [-0.25, -0.2) is 9.67 Å². The average molecular weight is 521 g/mol. The summed E-state index contributed by atoms with van der Waals surface area (Å²) in [5.74, 6) is 5.10. The summed E-state index contributed by atoms with van der Waals surface area (Å²) in [5.41, 5.74) is 2.81. The van der Waals surface area contributed by atoms with Crippen molar-refractivity contribution in [1.29, 1.82) is 0 Å². The molecular weight excluding hydrogens is 489 g/mol. The van der Waals surface area contributed by atoms with E-state index in [0.717, 1.165) is 52.4 Å². The van der Waals surface area contributed by atoms with Gasteiger partial charge >= 0.3 is 0 Å². The third kappa shape index (κ3) is 4.41. The second-order valence-corrected chi connectivity index (χ2v) is 12.1. The highest BCUT2D eigenvalue weighted by Crippen LogP contribution is 2.53. The number of nitrogens with zero attached hydrogens (tertiary/aromatic N) is 3. The van der Waals surface area contributed by atoms with E-state index in [1.807, 2.05) is 53.2 Å². The van der Waals surface area contributed by atoms with Gasteiger partial charge in [-0.2, -0.15) is 0 Å². The summed E-state index contributed by atoms with van der Waals surface area (Å²) in [5, 5.41) is 13.8. The smallest absolute Gasteiger partial charge is 0.197 e. The van der Waals surface area contributed by atoms with Crippen LogP contribution in [0.5, 0.6) is 0 Å². The van der Waals surface area contributed by atoms with E-state index in [2.05, 4.69) is 16.7 Å². The summed E-state index contributed by atoms with van der Waals surface area (Å²) in [6, 6.07) is 18.7. The number of halogens is 2. The Morgan fingerprint density at radius 1 is 0.889 bits per heavy atom. The van der Waals surface area contributed by atoms with Crippen molar-refractivity contribution in [1.82, 2.24) is 15.1 Å². The standard InChI is InChI=1S/C29H31Cl2N5/c30-22-7-5-19(6-8-22)26-16-27(35-36(26)25-4-2-1-3-24(25)31)33-29(32-23-9-10-23)34-28-20-12-17-11-18(14-20)15-21(28)13-17/h1-8,16-18,20-21,23,28H,9-15H2,(H2,32,33,34,35). The minimum absolute atomic E-state index is 0.415. The van der Waals surface area contributed by atoms with Crippen molar-refractivity contribution in [2.75, 3.05) is 5.32 Å². The van der Waals surface area contributed by atoms with Gasteiger partial charge in [-0.3, -0.25) is 0 Å². The van der Waals surface area contributed by atoms with Crippen molar-refractivity contribution in [2.45, 2.75) is 57.0 Å². The van der Waals surface area contributed by atoms with Crippen LogP contribution in [0.2, 0.25) is 10.0 Å². The lowest BCUT2D eigenvalue weighted by Gasteiger charge is -2.54. The highest BCUT2D eigenvalue weighted by Gasteiger charge is 2.48. The molecule has 5 nitrogen and oxygen atoms in total. The molecule has 0 saturated heterocycles. The minimum atomic E-state index is 0.415. The Morgan fingerprint density at radius 3 is 2.25 bits per heavy atom. The van der Waals surface area contributed by atoms with Crippen LogP contribution in [-0.2, 0) is 0 Å². The highest BCUT2D eigenvalue weighted by molar-refractivity contribution is 6.32. The Bertz CT molecular complexity index is 1270. The number of anilines is 1. The topological polar surface area (TPSA) is 54.2 Å². The number of benzene rings is 2. The van der Waals surface area contributed by atoms with Crippen LogP contribution in [-0.4, -0.2) is 27.8 Å². The maximum Gasteiger partial charge on any atom is 0.197 e. The van der Waals surface area contributed by atoms with Crippen LogP contribution in [0.1, 0.15) is 44.9 Å². The van der Waals surface area contributed by atoms with E-state index in [1.54, 1.807) is 0 Å². The Kier molecular flexibility index (Phi) is 5.74. The van der Waals surface area contributed by atoms with Crippen molar-refractivity contribution in [3.05, 3.63) is 64.6 Å². The van der Waals surface area contributed by atoms with Crippen LogP contribution < -0.4 is 10.6 Å². The number of hydrogen-bond donors (Lipinski definition) is 2. The summed E-state index contributed by atoms with van der Waals surface area (Å²) >= 11 is 12.8. The first-order valence-corrected chi connectivity index (χ1v) is 14.1. The van der Waals surface area contributed by atoms with Crippen LogP contribution in [0.25, 0.3) is 16.9 Å². The van der Waals surface area contributed by atoms with E-state index < -0.39 is 0 Å². The fraction of sp³-hybridized carbons (Fsp3) is 0.448. The van der Waals surface area contributed by atoms with E-state index in [0.29, 0.717) is 22.1 Å². The van der Waals surface area contributed by atoms with Crippen molar-refractivity contribution in [3.8, 4) is 16.9 Å². The number of aliphatic imine (C=N–C) groups is 1. The van der Waals surface area contributed by atoms with Gasteiger partial charge in [0.1, 0.15) is 0 Å². The Balaban J connectivity index is 1.21. The summed E-state index contributed by atoms with van der Waals surface area (Å²) in [6.45, 7) is 0. The zero-order valence-electron chi connectivity index (χ0n) is 20.2. The molecule has 8 rings (SSSR count). The largest absolute Gasteiger partial charge is 0.353 e. The van der Waals surface area contributed by atoms with Gasteiger partial charge in [0.2, 0.25) is 0 Å². The SMILES string of the molecule is Clc1ccc(-c2cc(NC(=NC3CC3)NC3C4CC5CC(C4)CC3C5)nn2-c2ccccc2Cl)cc1. The lowest BCUT2D eigenvalue weighted by Crippen LogP contribution is -2.57. The molecule has 36 heavy (non-hydrogen) atoms. The number of nitrogens with one attached hydrogen (secondary N) is 2. The Hall–Kier alpha value is -2.50. The van der Waals surface area contributed by atoms with Gasteiger partial charge in [-0.1, -0.05) is 47.5 Å². The maximum atomic E-state index is 6.60. The molecule has 0 aliphatic heterocycles. The second-order valence-electron chi connectivity index (χ2n) is 11.2. The minimum Gasteiger partial charge on any atom is -0.353 e. The molecule has 7 heteroatoms. The Morgan fingerprint density at radius 2 is 1.58 bits per heavy atom. The zero-order chi connectivity index (χ0) is 24.2. The van der Waals surface area contributed by atoms with Crippen molar-refractivity contribution in [2.24, 2.45) is 28.7 Å². The van der Waals surface area contributed by atoms with Crippen LogP contribution in [0.4, 0.5) is 5.82 Å². The van der Waals surface area contributed by atoms with Gasteiger partial charge < -0.3 is 10.6 Å². The highest BCUT2D eigenvalue weighted by atomic mass is 35.5. The zero-order valence-corrected chi connectivity index (χ0v) is 21.7. The molecule has 2 N–H and O–H groups in total. The molecule has 0 amide bonds. The number of guanidine groups is 1. The van der Waals surface area contributed by atoms with Crippen LogP contribution in [0.15, 0.2) is 59.6 Å². The maximum absolute atomic E-state index is 6.60. The molecule has 1 heterocycles. The quantitative estimate of drug-likeness (QED) is 0.277. The molecule has 0 spiro atoms. The van der Waals surface area contributed by atoms with Crippen LogP contribution in [0, 0.1) is 23.7 Å². The van der Waals surface area contributed by atoms with Gasteiger partial charge in [0.25, 0.3) is 0 Å². The summed E-state index contributed by atoms with van der Waals surface area (Å²) in [6.07, 6.45) is 9.31. The fourth-order valence-corrected chi connectivity index (χ4v) is 7.35. The van der Waals surface area contributed by atoms with Crippen molar-refractivity contribution in [3.63, 3.8) is 0 Å². The Labute approximate surface area is 222 Å². The van der Waals surface area contributed by atoms with Gasteiger partial charge in [0, 0.05) is 22.7 Å². The molecule has 5 saturated carbocycles. The lowest BCUT2D eigenvalue weighted by molar-refractivity contribution is -0.00690. The molecule has 5 aliphatic carbocycles. The van der Waals surface area contributed by atoms with Crippen molar-refractivity contribution < 1.29 is 0 Å². The molecule has 1 aromatic heterocycles.